The van der Waals surface area contributed by atoms with Gasteiger partial charge < -0.3 is 33.9 Å². The minimum Gasteiger partial charge on any atom is -0.396 e. The van der Waals surface area contributed by atoms with Crippen molar-refractivity contribution >= 4 is 22.9 Å². The van der Waals surface area contributed by atoms with E-state index < -0.39 is 27.8 Å². The molecular weight excluding hydrogens is 644 g/mol. The summed E-state index contributed by atoms with van der Waals surface area (Å²) < 4.78 is 25.0. The zero-order chi connectivity index (χ0) is 38.3. The van der Waals surface area contributed by atoms with E-state index in [9.17, 15) is 14.7 Å². The minimum absolute atomic E-state index is 0.0567. The normalized spacial score (nSPS) is 12.9. The van der Waals surface area contributed by atoms with E-state index in [1.165, 1.54) is 0 Å². The Balaban J connectivity index is 1.79. The van der Waals surface area contributed by atoms with E-state index in [-0.39, 0.29) is 18.2 Å². The van der Waals surface area contributed by atoms with Gasteiger partial charge in [-0.15, -0.1) is 0 Å². The molecule has 1 N–H and O–H groups in total. The Kier molecular flexibility index (Phi) is 17.3. The molecule has 0 spiro atoms. The fourth-order valence-electron chi connectivity index (χ4n) is 5.32. The van der Waals surface area contributed by atoms with E-state index >= 15 is 0 Å². The molecular formula is C42H68N2O7. The predicted octanol–water partition coefficient (Wildman–Crippen LogP) is 7.53. The summed E-state index contributed by atoms with van der Waals surface area (Å²) in [5.74, 6) is 0.113. The molecule has 0 aromatic heterocycles. The molecule has 2 aromatic carbocycles. The summed E-state index contributed by atoms with van der Waals surface area (Å²) >= 11 is 0. The Morgan fingerprint density at radius 1 is 0.608 bits per heavy atom. The number of aliphatic hydroxyl groups excluding tert-OH is 1. The third-order valence-corrected chi connectivity index (χ3v) is 10.0. The second kappa shape index (κ2) is 19.9. The highest BCUT2D eigenvalue weighted by Gasteiger charge is 2.36. The van der Waals surface area contributed by atoms with E-state index in [4.69, 9.17) is 18.9 Å². The van der Waals surface area contributed by atoms with Crippen molar-refractivity contribution in [2.45, 2.75) is 117 Å². The number of hydrogen-bond acceptors (Lipinski definition) is 9. The van der Waals surface area contributed by atoms with E-state index in [0.29, 0.717) is 71.6 Å². The van der Waals surface area contributed by atoms with Gasteiger partial charge >= 0.3 is 0 Å². The number of ether oxygens (including phenoxy) is 4. The highest BCUT2D eigenvalue weighted by atomic mass is 16.5. The van der Waals surface area contributed by atoms with Crippen LogP contribution in [0, 0.1) is 5.41 Å². The first-order chi connectivity index (χ1) is 23.8. The van der Waals surface area contributed by atoms with Gasteiger partial charge in [-0.05, 0) is 98.9 Å². The molecule has 288 valence electrons. The van der Waals surface area contributed by atoms with Crippen molar-refractivity contribution in [3.8, 4) is 0 Å². The molecule has 9 heteroatoms. The molecule has 0 heterocycles. The molecule has 0 radical (unpaired) electrons. The van der Waals surface area contributed by atoms with Crippen LogP contribution in [-0.4, -0.2) is 99.3 Å². The lowest BCUT2D eigenvalue weighted by molar-refractivity contribution is -0.154. The molecule has 0 unspecified atom stereocenters. The van der Waals surface area contributed by atoms with Gasteiger partial charge in [0.1, 0.15) is 11.2 Å². The van der Waals surface area contributed by atoms with Crippen LogP contribution in [0.4, 0.5) is 11.4 Å². The van der Waals surface area contributed by atoms with Crippen molar-refractivity contribution < 1.29 is 33.6 Å². The smallest absolute Gasteiger partial charge is 0.165 e. The number of carbonyl (C=O) groups excluding carboxylic acids is 2. The maximum absolute atomic E-state index is 13.0. The second-order valence-electron chi connectivity index (χ2n) is 16.2. The number of aliphatic hydroxyl groups is 1. The van der Waals surface area contributed by atoms with Gasteiger partial charge in [-0.2, -0.15) is 0 Å². The zero-order valence-corrected chi connectivity index (χ0v) is 33.5. The summed E-state index contributed by atoms with van der Waals surface area (Å²) in [7, 11) is 3.97. The van der Waals surface area contributed by atoms with Gasteiger partial charge in [0.2, 0.25) is 0 Å². The lowest BCUT2D eigenvalue weighted by Crippen LogP contribution is -2.43. The molecule has 2 aromatic rings. The first-order valence-electron chi connectivity index (χ1n) is 18.5. The minimum atomic E-state index is -0.906. The number of hydrogen-bond donors (Lipinski definition) is 1. The molecule has 51 heavy (non-hydrogen) atoms. The molecule has 0 bridgehead atoms. The average molecular weight is 713 g/mol. The second-order valence-corrected chi connectivity index (χ2v) is 16.2. The van der Waals surface area contributed by atoms with Crippen molar-refractivity contribution in [2.24, 2.45) is 5.41 Å². The van der Waals surface area contributed by atoms with Crippen molar-refractivity contribution in [1.29, 1.82) is 0 Å². The molecule has 0 saturated heterocycles. The Bertz CT molecular complexity index is 1210. The fraction of sp³-hybridized carbons (Fsp3) is 0.667. The van der Waals surface area contributed by atoms with Gasteiger partial charge in [-0.25, -0.2) is 0 Å². The fourth-order valence-corrected chi connectivity index (χ4v) is 5.32. The van der Waals surface area contributed by atoms with E-state index in [2.05, 4.69) is 9.80 Å². The lowest BCUT2D eigenvalue weighted by Gasteiger charge is -2.38. The molecule has 0 aliphatic heterocycles. The number of nitrogens with zero attached hydrogens (tertiary/aromatic N) is 2. The number of para-hydroxylation sites is 2. The number of Topliss-reactive ketones (excluding diaryl/α,β-unsaturated/α-hetero) is 2. The molecule has 0 amide bonds. The first-order valence-corrected chi connectivity index (χ1v) is 18.5. The van der Waals surface area contributed by atoms with Gasteiger partial charge in [0.05, 0.1) is 44.2 Å². The van der Waals surface area contributed by atoms with Crippen LogP contribution < -0.4 is 9.80 Å². The Morgan fingerprint density at radius 3 is 1.27 bits per heavy atom. The number of anilines is 2. The Labute approximate surface area is 309 Å². The summed E-state index contributed by atoms with van der Waals surface area (Å²) in [4.78, 5) is 30.2. The highest BCUT2D eigenvalue weighted by molar-refractivity contribution is 5.87. The molecule has 0 atom stereocenters. The average Bonchev–Trinajstić information content (AvgIpc) is 3.10. The largest absolute Gasteiger partial charge is 0.396 e. The monoisotopic (exact) mass is 713 g/mol. The van der Waals surface area contributed by atoms with Crippen molar-refractivity contribution in [2.75, 3.05) is 70.0 Å². The lowest BCUT2D eigenvalue weighted by atomic mass is 9.87. The van der Waals surface area contributed by atoms with Gasteiger partial charge in [-0.3, -0.25) is 9.59 Å². The molecule has 9 nitrogen and oxygen atoms in total. The number of carbonyl (C=O) groups is 2. The number of ketones is 2. The van der Waals surface area contributed by atoms with Crippen LogP contribution in [0.2, 0.25) is 0 Å². The van der Waals surface area contributed by atoms with Crippen LogP contribution in [0.15, 0.2) is 60.7 Å². The summed E-state index contributed by atoms with van der Waals surface area (Å²) in [5, 5.41) is 10.5. The van der Waals surface area contributed by atoms with Crippen LogP contribution in [0.1, 0.15) is 94.4 Å². The van der Waals surface area contributed by atoms with Crippen molar-refractivity contribution in [3.05, 3.63) is 60.7 Å². The topological polar surface area (TPSA) is 97.8 Å². The predicted molar refractivity (Wildman–Crippen MR) is 208 cm³/mol. The summed E-state index contributed by atoms with van der Waals surface area (Å²) in [6.45, 7) is 19.9. The van der Waals surface area contributed by atoms with Crippen molar-refractivity contribution in [3.63, 3.8) is 0 Å². The van der Waals surface area contributed by atoms with E-state index in [1.807, 2.05) is 137 Å². The standard InChI is InChI=1S/C42H68N2O7/c1-12-42(31-45,32-50-38(2,3)25-29-48-40(6,7)36(46)23-27-43(10)34-19-15-13-16-20-34)33-51-39(4,5)26-30-49-41(8,9)37(47)24-28-44(11)35-21-17-14-18-22-35/h13-22,45H,12,23-33H2,1-11H3. The molecule has 0 fully saturated rings. The van der Waals surface area contributed by atoms with Gasteiger partial charge in [0.15, 0.2) is 11.6 Å². The Morgan fingerprint density at radius 2 is 0.961 bits per heavy atom. The van der Waals surface area contributed by atoms with E-state index in [1.54, 1.807) is 0 Å². The molecule has 0 aliphatic carbocycles. The third kappa shape index (κ3) is 15.4. The van der Waals surface area contributed by atoms with Gasteiger partial charge in [-0.1, -0.05) is 43.3 Å². The summed E-state index contributed by atoms with van der Waals surface area (Å²) in [5.41, 5.74) is -1.34. The quantitative estimate of drug-likeness (QED) is 0.106. The third-order valence-electron chi connectivity index (χ3n) is 10.0. The summed E-state index contributed by atoms with van der Waals surface area (Å²) in [6, 6.07) is 20.0. The van der Waals surface area contributed by atoms with Gasteiger partial charge in [0.25, 0.3) is 0 Å². The Hall–Kier alpha value is -2.82. The number of benzene rings is 2. The highest BCUT2D eigenvalue weighted by Crippen LogP contribution is 2.30. The van der Waals surface area contributed by atoms with Crippen LogP contribution in [-0.2, 0) is 28.5 Å². The SMILES string of the molecule is CCC(CO)(COC(C)(C)CCOC(C)(C)C(=O)CCN(C)c1ccccc1)COC(C)(C)CCOC(C)(C)C(=O)CCN(C)c1ccccc1. The van der Waals surface area contributed by atoms with Gasteiger partial charge in [0, 0.05) is 56.8 Å². The van der Waals surface area contributed by atoms with Crippen LogP contribution in [0.25, 0.3) is 0 Å². The molecule has 0 aliphatic rings. The van der Waals surface area contributed by atoms with Crippen molar-refractivity contribution in [1.82, 2.24) is 0 Å². The molecule has 2 rings (SSSR count). The number of rotatable bonds is 26. The zero-order valence-electron chi connectivity index (χ0n) is 33.5. The van der Waals surface area contributed by atoms with Crippen LogP contribution >= 0.6 is 0 Å². The maximum atomic E-state index is 13.0. The van der Waals surface area contributed by atoms with Crippen LogP contribution in [0.3, 0.4) is 0 Å². The maximum Gasteiger partial charge on any atom is 0.165 e. The first kappa shape index (κ1) is 44.3. The van der Waals surface area contributed by atoms with Crippen LogP contribution in [0.5, 0.6) is 0 Å². The van der Waals surface area contributed by atoms with E-state index in [0.717, 1.165) is 11.4 Å². The molecule has 0 saturated carbocycles. The summed E-state index contributed by atoms with van der Waals surface area (Å²) in [6.07, 6.45) is 2.61.